The second kappa shape index (κ2) is 6.91. The van der Waals surface area contributed by atoms with Crippen LogP contribution in [0.5, 0.6) is 0 Å². The van der Waals surface area contributed by atoms with E-state index in [-0.39, 0.29) is 11.7 Å². The summed E-state index contributed by atoms with van der Waals surface area (Å²) in [5, 5.41) is 14.4. The summed E-state index contributed by atoms with van der Waals surface area (Å²) < 4.78 is 5.23. The molecule has 0 bridgehead atoms. The van der Waals surface area contributed by atoms with Gasteiger partial charge in [-0.2, -0.15) is 0 Å². The molecule has 0 aliphatic heterocycles. The van der Waals surface area contributed by atoms with Crippen LogP contribution in [0.2, 0.25) is 0 Å². The first-order valence-electron chi connectivity index (χ1n) is 6.37. The van der Waals surface area contributed by atoms with Crippen molar-refractivity contribution in [3.8, 4) is 0 Å². The minimum absolute atomic E-state index is 0.0356. The first-order valence-corrected chi connectivity index (χ1v) is 6.37. The van der Waals surface area contributed by atoms with Crippen molar-refractivity contribution in [2.75, 3.05) is 7.11 Å². The van der Waals surface area contributed by atoms with Gasteiger partial charge in [0.2, 0.25) is 0 Å². The molecule has 0 heterocycles. The van der Waals surface area contributed by atoms with E-state index in [1.54, 1.807) is 25.1 Å². The zero-order valence-corrected chi connectivity index (χ0v) is 12.0. The number of oxime groups is 1. The number of ether oxygens (including phenoxy) is 1. The van der Waals surface area contributed by atoms with Crippen molar-refractivity contribution in [2.24, 2.45) is 10.9 Å². The van der Waals surface area contributed by atoms with E-state index in [0.717, 1.165) is 5.56 Å². The molecule has 1 aromatic carbocycles. The van der Waals surface area contributed by atoms with E-state index in [1.165, 1.54) is 7.11 Å². The maximum atomic E-state index is 12.1. The van der Waals surface area contributed by atoms with Gasteiger partial charge in [0, 0.05) is 19.2 Å². The lowest BCUT2D eigenvalue weighted by atomic mass is 10.0. The largest absolute Gasteiger partial charge is 0.409 e. The smallest absolute Gasteiger partial charge is 0.252 e. The Morgan fingerprint density at radius 2 is 2.25 bits per heavy atom. The number of hydrogen-bond donors (Lipinski definition) is 3. The average Bonchev–Trinajstić information content (AvgIpc) is 2.51. The number of amides is 1. The predicted octanol–water partition coefficient (Wildman–Crippen LogP) is 1.21. The summed E-state index contributed by atoms with van der Waals surface area (Å²) in [5.41, 5.74) is 6.15. The normalized spacial score (nSPS) is 14.7. The van der Waals surface area contributed by atoms with Crippen molar-refractivity contribution < 1.29 is 14.7 Å². The SMILES string of the molecule is CCC(C)(OC)C(=O)NCc1cccc(/C(N)=N/O)c1. The molecule has 0 spiro atoms. The Morgan fingerprint density at radius 1 is 1.55 bits per heavy atom. The Hall–Kier alpha value is -2.08. The molecular weight excluding hydrogens is 258 g/mol. The third-order valence-electron chi connectivity index (χ3n) is 3.39. The molecule has 20 heavy (non-hydrogen) atoms. The number of nitrogens with one attached hydrogen (secondary N) is 1. The Kier molecular flexibility index (Phi) is 5.52. The van der Waals surface area contributed by atoms with Gasteiger partial charge in [-0.1, -0.05) is 30.3 Å². The van der Waals surface area contributed by atoms with Gasteiger partial charge in [-0.15, -0.1) is 0 Å². The number of hydrogen-bond acceptors (Lipinski definition) is 4. The van der Waals surface area contributed by atoms with Crippen LogP contribution in [-0.4, -0.2) is 29.7 Å². The minimum Gasteiger partial charge on any atom is -0.409 e. The number of nitrogens with two attached hydrogens (primary N) is 1. The zero-order valence-electron chi connectivity index (χ0n) is 12.0. The van der Waals surface area contributed by atoms with Crippen LogP contribution in [-0.2, 0) is 16.1 Å². The van der Waals surface area contributed by atoms with Crippen LogP contribution in [0.3, 0.4) is 0 Å². The summed E-state index contributed by atoms with van der Waals surface area (Å²) >= 11 is 0. The van der Waals surface area contributed by atoms with Gasteiger partial charge in [-0.05, 0) is 25.0 Å². The van der Waals surface area contributed by atoms with Crippen molar-refractivity contribution in [3.05, 3.63) is 35.4 Å². The van der Waals surface area contributed by atoms with Crippen molar-refractivity contribution in [1.82, 2.24) is 5.32 Å². The van der Waals surface area contributed by atoms with Gasteiger partial charge in [-0.25, -0.2) is 0 Å². The Bertz CT molecular complexity index is 496. The van der Waals surface area contributed by atoms with E-state index in [9.17, 15) is 4.79 Å². The molecule has 0 fully saturated rings. The van der Waals surface area contributed by atoms with Gasteiger partial charge in [0.1, 0.15) is 5.60 Å². The van der Waals surface area contributed by atoms with Crippen LogP contribution < -0.4 is 11.1 Å². The fraction of sp³-hybridized carbons (Fsp3) is 0.429. The van der Waals surface area contributed by atoms with Crippen molar-refractivity contribution in [1.29, 1.82) is 0 Å². The molecular formula is C14H21N3O3. The van der Waals surface area contributed by atoms with Crippen LogP contribution in [0.25, 0.3) is 0 Å². The van der Waals surface area contributed by atoms with Gasteiger partial charge in [-0.3, -0.25) is 4.79 Å². The molecule has 1 rings (SSSR count). The Balaban J connectivity index is 2.74. The fourth-order valence-electron chi connectivity index (χ4n) is 1.67. The summed E-state index contributed by atoms with van der Waals surface area (Å²) in [4.78, 5) is 12.1. The summed E-state index contributed by atoms with van der Waals surface area (Å²) in [5.74, 6) is -0.134. The van der Waals surface area contributed by atoms with Crippen LogP contribution in [0.15, 0.2) is 29.4 Å². The van der Waals surface area contributed by atoms with Gasteiger partial charge in [0.15, 0.2) is 5.84 Å². The number of nitrogens with zero attached hydrogens (tertiary/aromatic N) is 1. The van der Waals surface area contributed by atoms with Crippen molar-refractivity contribution in [3.63, 3.8) is 0 Å². The lowest BCUT2D eigenvalue weighted by Crippen LogP contribution is -2.45. The summed E-state index contributed by atoms with van der Waals surface area (Å²) in [6.07, 6.45) is 0.583. The molecule has 6 heteroatoms. The number of carbonyl (C=O) groups is 1. The highest BCUT2D eigenvalue weighted by Crippen LogP contribution is 2.14. The molecule has 0 saturated carbocycles. The molecule has 110 valence electrons. The second-order valence-corrected chi connectivity index (χ2v) is 4.66. The summed E-state index contributed by atoms with van der Waals surface area (Å²) in [7, 11) is 1.52. The molecule has 4 N–H and O–H groups in total. The van der Waals surface area contributed by atoms with Crippen LogP contribution in [0.1, 0.15) is 31.4 Å². The third kappa shape index (κ3) is 3.71. The number of rotatable bonds is 6. The summed E-state index contributed by atoms with van der Waals surface area (Å²) in [6.45, 7) is 3.99. The number of amidine groups is 1. The Labute approximate surface area is 118 Å². The zero-order chi connectivity index (χ0) is 15.2. The van der Waals surface area contributed by atoms with E-state index >= 15 is 0 Å². The van der Waals surface area contributed by atoms with Gasteiger partial charge >= 0.3 is 0 Å². The van der Waals surface area contributed by atoms with Gasteiger partial charge < -0.3 is 21.0 Å². The Morgan fingerprint density at radius 3 is 2.80 bits per heavy atom. The maximum Gasteiger partial charge on any atom is 0.252 e. The molecule has 1 atom stereocenters. The third-order valence-corrected chi connectivity index (χ3v) is 3.39. The predicted molar refractivity (Wildman–Crippen MR) is 76.5 cm³/mol. The molecule has 0 saturated heterocycles. The quantitative estimate of drug-likeness (QED) is 0.315. The van der Waals surface area contributed by atoms with E-state index < -0.39 is 5.60 Å². The molecule has 0 radical (unpaired) electrons. The van der Waals surface area contributed by atoms with Crippen LogP contribution in [0.4, 0.5) is 0 Å². The molecule has 1 unspecified atom stereocenters. The number of methoxy groups -OCH3 is 1. The standard InChI is InChI=1S/C14H21N3O3/c1-4-14(2,20-3)13(18)16-9-10-6-5-7-11(8-10)12(15)17-19/h5-8,19H,4,9H2,1-3H3,(H2,15,17)(H,16,18). The number of carbonyl (C=O) groups excluding carboxylic acids is 1. The second-order valence-electron chi connectivity index (χ2n) is 4.66. The van der Waals surface area contributed by atoms with Crippen molar-refractivity contribution in [2.45, 2.75) is 32.4 Å². The molecule has 6 nitrogen and oxygen atoms in total. The monoisotopic (exact) mass is 279 g/mol. The fourth-order valence-corrected chi connectivity index (χ4v) is 1.67. The molecule has 1 amide bonds. The minimum atomic E-state index is -0.830. The van der Waals surface area contributed by atoms with Gasteiger partial charge in [0.05, 0.1) is 0 Å². The van der Waals surface area contributed by atoms with Crippen LogP contribution in [0, 0.1) is 0 Å². The lowest BCUT2D eigenvalue weighted by molar-refractivity contribution is -0.142. The van der Waals surface area contributed by atoms with Crippen molar-refractivity contribution >= 4 is 11.7 Å². The molecule has 0 aliphatic rings. The van der Waals surface area contributed by atoms with E-state index in [4.69, 9.17) is 15.7 Å². The molecule has 0 aromatic heterocycles. The first-order chi connectivity index (χ1) is 9.46. The molecule has 0 aliphatic carbocycles. The average molecular weight is 279 g/mol. The van der Waals surface area contributed by atoms with E-state index in [1.807, 2.05) is 13.0 Å². The summed E-state index contributed by atoms with van der Waals surface area (Å²) in [6, 6.07) is 7.12. The first kappa shape index (κ1) is 16.0. The topological polar surface area (TPSA) is 96.9 Å². The highest BCUT2D eigenvalue weighted by atomic mass is 16.5. The lowest BCUT2D eigenvalue weighted by Gasteiger charge is -2.25. The van der Waals surface area contributed by atoms with Crippen LogP contribution >= 0.6 is 0 Å². The molecule has 1 aromatic rings. The van der Waals surface area contributed by atoms with Gasteiger partial charge in [0.25, 0.3) is 5.91 Å². The van der Waals surface area contributed by atoms with E-state index in [2.05, 4.69) is 10.5 Å². The van der Waals surface area contributed by atoms with E-state index in [0.29, 0.717) is 18.5 Å². The number of benzene rings is 1. The highest BCUT2D eigenvalue weighted by molar-refractivity contribution is 5.97. The highest BCUT2D eigenvalue weighted by Gasteiger charge is 2.30. The maximum absolute atomic E-state index is 12.1.